The quantitative estimate of drug-likeness (QED) is 0.879. The number of ether oxygens (including phenoxy) is 2. The van der Waals surface area contributed by atoms with Crippen molar-refractivity contribution in [3.63, 3.8) is 0 Å². The highest BCUT2D eigenvalue weighted by Gasteiger charge is 2.11. The summed E-state index contributed by atoms with van der Waals surface area (Å²) in [4.78, 5) is 17.9. The zero-order valence-corrected chi connectivity index (χ0v) is 11.7. The molecule has 0 unspecified atom stereocenters. The number of nitrogens with one attached hydrogen (secondary N) is 1. The number of hydrogen-bond donors (Lipinski definition) is 1. The van der Waals surface area contributed by atoms with Crippen LogP contribution in [0.1, 0.15) is 25.3 Å². The van der Waals surface area contributed by atoms with E-state index in [-0.39, 0.29) is 17.2 Å². The van der Waals surface area contributed by atoms with Crippen LogP contribution in [0.25, 0.3) is 0 Å². The molecule has 1 N–H and O–H groups in total. The summed E-state index contributed by atoms with van der Waals surface area (Å²) in [6.45, 7) is 2.17. The van der Waals surface area contributed by atoms with Gasteiger partial charge in [0.1, 0.15) is 5.75 Å². The SMILES string of the molecule is CCCCc1ccc(Oc2nc[nH]c(=O)c2OC)cc1. The fourth-order valence-electron chi connectivity index (χ4n) is 1.84. The first-order valence-corrected chi connectivity index (χ1v) is 6.63. The normalized spacial score (nSPS) is 10.3. The fourth-order valence-corrected chi connectivity index (χ4v) is 1.84. The lowest BCUT2D eigenvalue weighted by Gasteiger charge is -2.08. The van der Waals surface area contributed by atoms with Gasteiger partial charge in [0, 0.05) is 0 Å². The van der Waals surface area contributed by atoms with Crippen LogP contribution in [-0.2, 0) is 6.42 Å². The number of benzene rings is 1. The Morgan fingerprint density at radius 3 is 2.65 bits per heavy atom. The summed E-state index contributed by atoms with van der Waals surface area (Å²) in [6.07, 6.45) is 4.69. The molecule has 1 aromatic carbocycles. The summed E-state index contributed by atoms with van der Waals surface area (Å²) in [5.41, 5.74) is 0.905. The fraction of sp³-hybridized carbons (Fsp3) is 0.333. The van der Waals surface area contributed by atoms with Crippen LogP contribution in [0.3, 0.4) is 0 Å². The van der Waals surface area contributed by atoms with E-state index in [4.69, 9.17) is 9.47 Å². The van der Waals surface area contributed by atoms with Crippen molar-refractivity contribution < 1.29 is 9.47 Å². The molecule has 0 fully saturated rings. The maximum Gasteiger partial charge on any atom is 0.297 e. The highest BCUT2D eigenvalue weighted by molar-refractivity contribution is 5.36. The summed E-state index contributed by atoms with van der Waals surface area (Å²) in [5, 5.41) is 0. The van der Waals surface area contributed by atoms with Crippen LogP contribution in [0.2, 0.25) is 0 Å². The summed E-state index contributed by atoms with van der Waals surface area (Å²) in [5.74, 6) is 0.863. The lowest BCUT2D eigenvalue weighted by molar-refractivity contribution is 0.363. The maximum absolute atomic E-state index is 11.5. The number of hydrogen-bond acceptors (Lipinski definition) is 4. The Morgan fingerprint density at radius 2 is 2.00 bits per heavy atom. The largest absolute Gasteiger partial charge is 0.487 e. The molecule has 0 aliphatic carbocycles. The first kappa shape index (κ1) is 14.1. The van der Waals surface area contributed by atoms with Gasteiger partial charge >= 0.3 is 0 Å². The van der Waals surface area contributed by atoms with Gasteiger partial charge in [0.25, 0.3) is 11.4 Å². The zero-order valence-electron chi connectivity index (χ0n) is 11.7. The Labute approximate surface area is 117 Å². The molecule has 0 bridgehead atoms. The van der Waals surface area contributed by atoms with E-state index in [9.17, 15) is 4.79 Å². The molecule has 0 spiro atoms. The van der Waals surface area contributed by atoms with Crippen LogP contribution in [0, 0.1) is 0 Å². The zero-order chi connectivity index (χ0) is 14.4. The molecule has 1 heterocycles. The lowest BCUT2D eigenvalue weighted by Crippen LogP contribution is -2.10. The smallest absolute Gasteiger partial charge is 0.297 e. The summed E-state index contributed by atoms with van der Waals surface area (Å²) >= 11 is 0. The molecule has 5 heteroatoms. The molecule has 0 amide bonds. The topological polar surface area (TPSA) is 64.2 Å². The monoisotopic (exact) mass is 274 g/mol. The first-order valence-electron chi connectivity index (χ1n) is 6.63. The Bertz CT molecular complexity index is 605. The van der Waals surface area contributed by atoms with E-state index in [2.05, 4.69) is 16.9 Å². The second-order valence-electron chi connectivity index (χ2n) is 4.42. The average molecular weight is 274 g/mol. The number of unbranched alkanes of at least 4 members (excludes halogenated alkanes) is 1. The van der Waals surface area contributed by atoms with E-state index in [1.54, 1.807) is 0 Å². The van der Waals surface area contributed by atoms with Gasteiger partial charge in [-0.2, -0.15) is 0 Å². The molecule has 0 saturated heterocycles. The van der Waals surface area contributed by atoms with Gasteiger partial charge in [0.15, 0.2) is 0 Å². The van der Waals surface area contributed by atoms with E-state index in [1.165, 1.54) is 31.8 Å². The standard InChI is InChI=1S/C15H18N2O3/c1-3-4-5-11-6-8-12(9-7-11)20-15-13(19-2)14(18)16-10-17-15/h6-10H,3-5H2,1-2H3,(H,16,17,18). The predicted molar refractivity (Wildman–Crippen MR) is 76.5 cm³/mol. The van der Waals surface area contributed by atoms with Crippen molar-refractivity contribution in [2.24, 2.45) is 0 Å². The van der Waals surface area contributed by atoms with Gasteiger partial charge in [-0.05, 0) is 30.5 Å². The van der Waals surface area contributed by atoms with Crippen LogP contribution >= 0.6 is 0 Å². The molecule has 0 aliphatic rings. The van der Waals surface area contributed by atoms with Crippen LogP contribution in [0.15, 0.2) is 35.4 Å². The highest BCUT2D eigenvalue weighted by atomic mass is 16.5. The van der Waals surface area contributed by atoms with E-state index >= 15 is 0 Å². The summed E-state index contributed by atoms with van der Waals surface area (Å²) in [6, 6.07) is 7.77. The minimum Gasteiger partial charge on any atom is -0.487 e. The Balaban J connectivity index is 2.14. The third kappa shape index (κ3) is 3.38. The molecule has 0 radical (unpaired) electrons. The maximum atomic E-state index is 11.5. The number of nitrogens with zero attached hydrogens (tertiary/aromatic N) is 1. The second kappa shape index (κ2) is 6.75. The molecule has 2 aromatic rings. The number of H-pyrrole nitrogens is 1. The highest BCUT2D eigenvalue weighted by Crippen LogP contribution is 2.25. The molecule has 2 rings (SSSR count). The van der Waals surface area contributed by atoms with Gasteiger partial charge in [-0.3, -0.25) is 4.79 Å². The molecule has 106 valence electrons. The molecular weight excluding hydrogens is 256 g/mol. The lowest BCUT2D eigenvalue weighted by atomic mass is 10.1. The molecule has 1 aromatic heterocycles. The van der Waals surface area contributed by atoms with Crippen molar-refractivity contribution in [2.75, 3.05) is 7.11 Å². The van der Waals surface area contributed by atoms with Gasteiger partial charge in [-0.15, -0.1) is 0 Å². The molecule has 5 nitrogen and oxygen atoms in total. The summed E-state index contributed by atoms with van der Waals surface area (Å²) in [7, 11) is 1.41. The van der Waals surface area contributed by atoms with E-state index in [0.29, 0.717) is 5.75 Å². The van der Waals surface area contributed by atoms with E-state index in [0.717, 1.165) is 6.42 Å². The molecule has 0 aliphatic heterocycles. The molecule has 0 saturated carbocycles. The third-order valence-electron chi connectivity index (χ3n) is 2.94. The number of aryl methyl sites for hydroxylation is 1. The minimum atomic E-state index is -0.364. The molecule has 20 heavy (non-hydrogen) atoms. The van der Waals surface area contributed by atoms with Gasteiger partial charge < -0.3 is 14.5 Å². The Morgan fingerprint density at radius 1 is 1.25 bits per heavy atom. The van der Waals surface area contributed by atoms with Crippen molar-refractivity contribution in [1.29, 1.82) is 0 Å². The van der Waals surface area contributed by atoms with E-state index in [1.807, 2.05) is 24.3 Å². The Hall–Kier alpha value is -2.30. The van der Waals surface area contributed by atoms with Crippen molar-refractivity contribution >= 4 is 0 Å². The van der Waals surface area contributed by atoms with Crippen LogP contribution < -0.4 is 15.0 Å². The third-order valence-corrected chi connectivity index (χ3v) is 2.94. The van der Waals surface area contributed by atoms with E-state index < -0.39 is 0 Å². The molecule has 0 atom stereocenters. The van der Waals surface area contributed by atoms with Crippen molar-refractivity contribution in [2.45, 2.75) is 26.2 Å². The van der Waals surface area contributed by atoms with Gasteiger partial charge in [0.05, 0.1) is 13.4 Å². The van der Waals surface area contributed by atoms with Crippen LogP contribution in [-0.4, -0.2) is 17.1 Å². The average Bonchev–Trinajstić information content (AvgIpc) is 2.47. The summed E-state index contributed by atoms with van der Waals surface area (Å²) < 4.78 is 10.6. The predicted octanol–water partition coefficient (Wildman–Crippen LogP) is 2.91. The number of methoxy groups -OCH3 is 1. The van der Waals surface area contributed by atoms with Crippen molar-refractivity contribution in [1.82, 2.24) is 9.97 Å². The van der Waals surface area contributed by atoms with Gasteiger partial charge in [-0.1, -0.05) is 25.5 Å². The first-order chi connectivity index (χ1) is 9.74. The van der Waals surface area contributed by atoms with Crippen molar-refractivity contribution in [3.8, 4) is 17.4 Å². The molecular formula is C15H18N2O3. The second-order valence-corrected chi connectivity index (χ2v) is 4.42. The number of aromatic nitrogens is 2. The number of aromatic amines is 1. The van der Waals surface area contributed by atoms with Gasteiger partial charge in [0.2, 0.25) is 5.75 Å². The minimum absolute atomic E-state index is 0.0718. The van der Waals surface area contributed by atoms with Crippen LogP contribution in [0.5, 0.6) is 17.4 Å². The van der Waals surface area contributed by atoms with Crippen LogP contribution in [0.4, 0.5) is 0 Å². The van der Waals surface area contributed by atoms with Gasteiger partial charge in [-0.25, -0.2) is 4.98 Å². The van der Waals surface area contributed by atoms with Crippen molar-refractivity contribution in [3.05, 3.63) is 46.5 Å². The number of rotatable bonds is 6. The Kier molecular flexibility index (Phi) is 4.76.